The second-order valence-electron chi connectivity index (χ2n) is 10.4. The van der Waals surface area contributed by atoms with Gasteiger partial charge in [0.05, 0.1) is 38.0 Å². The Balaban J connectivity index is 1.35. The number of piperazine rings is 1. The summed E-state index contributed by atoms with van der Waals surface area (Å²) in [5, 5.41) is 2.56. The van der Waals surface area contributed by atoms with Gasteiger partial charge in [0.1, 0.15) is 16.9 Å². The van der Waals surface area contributed by atoms with E-state index in [2.05, 4.69) is 58.7 Å². The first-order chi connectivity index (χ1) is 20.4. The largest absolute Gasteiger partial charge is 0.416 e. The van der Waals surface area contributed by atoms with Crippen LogP contribution in [0.1, 0.15) is 44.1 Å². The molecule has 43 heavy (non-hydrogen) atoms. The summed E-state index contributed by atoms with van der Waals surface area (Å²) in [5.41, 5.74) is 8.79. The van der Waals surface area contributed by atoms with E-state index in [1.165, 1.54) is 24.4 Å². The molecule has 0 atom stereocenters. The molecule has 222 valence electrons. The van der Waals surface area contributed by atoms with Crippen molar-refractivity contribution in [3.05, 3.63) is 79.6 Å². The minimum Gasteiger partial charge on any atom is -0.383 e. The molecule has 0 radical (unpaired) electrons. The Kier molecular flexibility index (Phi) is 8.81. The maximum atomic E-state index is 14.0. The number of rotatable bonds is 6. The maximum Gasteiger partial charge on any atom is 0.416 e. The molecule has 1 aliphatic heterocycles. The van der Waals surface area contributed by atoms with Crippen molar-refractivity contribution in [2.24, 2.45) is 0 Å². The first-order valence-corrected chi connectivity index (χ1v) is 14.5. The van der Waals surface area contributed by atoms with Crippen LogP contribution in [0.15, 0.2) is 36.7 Å². The molecule has 0 aliphatic carbocycles. The van der Waals surface area contributed by atoms with Crippen LogP contribution in [0.3, 0.4) is 0 Å². The fourth-order valence-corrected chi connectivity index (χ4v) is 5.38. The Morgan fingerprint density at radius 1 is 1.12 bits per heavy atom. The third kappa shape index (κ3) is 6.87. The van der Waals surface area contributed by atoms with E-state index in [1.54, 1.807) is 6.20 Å². The Labute approximate surface area is 260 Å². The number of anilines is 2. The lowest BCUT2D eigenvalue weighted by molar-refractivity contribution is -0.138. The first-order valence-electron chi connectivity index (χ1n) is 13.4. The standard InChI is InChI=1S/C30H28F3IN8O/c1-4-18-11-20(14-36-24(18)13-23-17(2)38-27-25(40-23)15-37-28(35)26(27)34)29(43)39-21-6-5-19(22(12-21)30(31,32)33)16-42-9-7-41(3)8-10-42/h1,5-6,11-12,14-15H,7-10,13,16H2,2-3H3,(H2,35,37)(H,39,43). The number of likely N-dealkylation sites (N-methyl/N-ethyl adjacent to an activating group) is 1. The molecular formula is C30H28F3IN8O. The van der Waals surface area contributed by atoms with Crippen molar-refractivity contribution >= 4 is 51.0 Å². The van der Waals surface area contributed by atoms with Gasteiger partial charge in [-0.3, -0.25) is 14.7 Å². The van der Waals surface area contributed by atoms with Gasteiger partial charge >= 0.3 is 6.18 Å². The normalized spacial score (nSPS) is 14.5. The van der Waals surface area contributed by atoms with Crippen molar-refractivity contribution in [2.45, 2.75) is 26.1 Å². The Morgan fingerprint density at radius 2 is 1.86 bits per heavy atom. The number of hydrogen-bond donors (Lipinski definition) is 2. The molecule has 0 spiro atoms. The number of pyridine rings is 2. The number of hydrogen-bond acceptors (Lipinski definition) is 8. The molecule has 1 amide bonds. The molecule has 4 heterocycles. The van der Waals surface area contributed by atoms with E-state index in [-0.39, 0.29) is 29.8 Å². The Hall–Kier alpha value is -3.87. The van der Waals surface area contributed by atoms with E-state index in [0.29, 0.717) is 56.2 Å². The zero-order valence-electron chi connectivity index (χ0n) is 23.5. The molecule has 1 aliphatic rings. The van der Waals surface area contributed by atoms with Crippen LogP contribution in [0.4, 0.5) is 24.7 Å². The molecular weight excluding hydrogens is 672 g/mol. The highest BCUT2D eigenvalue weighted by molar-refractivity contribution is 14.1. The number of amides is 1. The average molecular weight is 701 g/mol. The summed E-state index contributed by atoms with van der Waals surface area (Å²) >= 11 is 2.08. The summed E-state index contributed by atoms with van der Waals surface area (Å²) in [7, 11) is 1.99. The van der Waals surface area contributed by atoms with E-state index in [9.17, 15) is 18.0 Å². The lowest BCUT2D eigenvalue weighted by Gasteiger charge is -2.33. The van der Waals surface area contributed by atoms with E-state index in [1.807, 2.05) is 18.9 Å². The van der Waals surface area contributed by atoms with Gasteiger partial charge in [-0.1, -0.05) is 12.0 Å². The second-order valence-corrected chi connectivity index (χ2v) is 11.5. The number of benzene rings is 1. The molecule has 1 fully saturated rings. The van der Waals surface area contributed by atoms with Gasteiger partial charge in [-0.25, -0.2) is 15.0 Å². The number of fused-ring (bicyclic) bond motifs is 1. The minimum atomic E-state index is -4.58. The fraction of sp³-hybridized carbons (Fsp3) is 0.300. The Bertz CT molecular complexity index is 1750. The van der Waals surface area contributed by atoms with Crippen LogP contribution in [-0.4, -0.2) is 68.9 Å². The van der Waals surface area contributed by atoms with Crippen molar-refractivity contribution in [3.8, 4) is 12.3 Å². The third-order valence-electron chi connectivity index (χ3n) is 7.34. The Morgan fingerprint density at radius 3 is 2.56 bits per heavy atom. The summed E-state index contributed by atoms with van der Waals surface area (Å²) < 4.78 is 42.7. The summed E-state index contributed by atoms with van der Waals surface area (Å²) in [6, 6.07) is 5.35. The van der Waals surface area contributed by atoms with E-state index >= 15 is 0 Å². The highest BCUT2D eigenvalue weighted by atomic mass is 127. The van der Waals surface area contributed by atoms with Crippen LogP contribution in [-0.2, 0) is 19.1 Å². The number of carbonyl (C=O) groups is 1. The van der Waals surface area contributed by atoms with Crippen LogP contribution < -0.4 is 11.1 Å². The lowest BCUT2D eigenvalue weighted by Crippen LogP contribution is -2.44. The molecule has 13 heteroatoms. The minimum absolute atomic E-state index is 0.0247. The highest BCUT2D eigenvalue weighted by Gasteiger charge is 2.34. The predicted molar refractivity (Wildman–Crippen MR) is 166 cm³/mol. The van der Waals surface area contributed by atoms with Crippen LogP contribution in [0.2, 0.25) is 0 Å². The maximum absolute atomic E-state index is 14.0. The van der Waals surface area contributed by atoms with Gasteiger partial charge in [0, 0.05) is 56.6 Å². The third-order valence-corrected chi connectivity index (χ3v) is 8.40. The summed E-state index contributed by atoms with van der Waals surface area (Å²) in [5.74, 6) is 2.29. The number of aromatic nitrogens is 4. The molecule has 3 aromatic heterocycles. The van der Waals surface area contributed by atoms with Gasteiger partial charge in [0.15, 0.2) is 0 Å². The summed E-state index contributed by atoms with van der Waals surface area (Å²) in [6.45, 7) is 4.96. The monoisotopic (exact) mass is 700 g/mol. The predicted octanol–water partition coefficient (Wildman–Crippen LogP) is 4.51. The average Bonchev–Trinajstić information content (AvgIpc) is 2.97. The van der Waals surface area contributed by atoms with Crippen molar-refractivity contribution < 1.29 is 18.0 Å². The number of alkyl halides is 3. The van der Waals surface area contributed by atoms with Crippen LogP contribution in [0, 0.1) is 22.8 Å². The topological polar surface area (TPSA) is 113 Å². The number of nitrogens with one attached hydrogen (secondary N) is 1. The smallest absolute Gasteiger partial charge is 0.383 e. The van der Waals surface area contributed by atoms with Gasteiger partial charge < -0.3 is 16.0 Å². The molecule has 3 N–H and O–H groups in total. The van der Waals surface area contributed by atoms with Gasteiger partial charge in [-0.15, -0.1) is 6.42 Å². The van der Waals surface area contributed by atoms with Gasteiger partial charge in [-0.2, -0.15) is 13.2 Å². The number of nitrogen functional groups attached to an aromatic ring is 1. The number of terminal acetylenes is 1. The van der Waals surface area contributed by atoms with Crippen molar-refractivity contribution in [1.82, 2.24) is 29.7 Å². The zero-order valence-corrected chi connectivity index (χ0v) is 25.6. The molecule has 9 nitrogen and oxygen atoms in total. The lowest BCUT2D eigenvalue weighted by atomic mass is 10.0. The zero-order chi connectivity index (χ0) is 30.9. The first kappa shape index (κ1) is 30.6. The van der Waals surface area contributed by atoms with Crippen molar-refractivity contribution in [1.29, 1.82) is 0 Å². The fourth-order valence-electron chi connectivity index (χ4n) is 4.84. The van der Waals surface area contributed by atoms with E-state index in [0.717, 1.165) is 19.2 Å². The van der Waals surface area contributed by atoms with Gasteiger partial charge in [0.25, 0.3) is 5.91 Å². The summed E-state index contributed by atoms with van der Waals surface area (Å²) in [6.07, 6.45) is 4.31. The number of nitrogens with zero attached hydrogens (tertiary/aromatic N) is 6. The molecule has 4 aromatic rings. The number of carbonyl (C=O) groups excluding carboxylic acids is 1. The number of nitrogens with two attached hydrogens (primary N) is 1. The SMILES string of the molecule is C#Cc1cc(C(=O)Nc2ccc(CN3CCN(C)CC3)c(C(F)(F)F)c2)cnc1Cc1nc2cnc(N)c(I)c2nc1C. The quantitative estimate of drug-likeness (QED) is 0.224. The summed E-state index contributed by atoms with van der Waals surface area (Å²) in [4.78, 5) is 35.0. The molecule has 0 saturated carbocycles. The number of aryl methyl sites for hydroxylation is 1. The highest BCUT2D eigenvalue weighted by Crippen LogP contribution is 2.35. The van der Waals surface area contributed by atoms with Gasteiger partial charge in [-0.05, 0) is 60.3 Å². The van der Waals surface area contributed by atoms with Crippen LogP contribution in [0.25, 0.3) is 11.0 Å². The molecule has 1 saturated heterocycles. The second kappa shape index (κ2) is 12.4. The van der Waals surface area contributed by atoms with Crippen LogP contribution >= 0.6 is 22.6 Å². The number of halogens is 4. The van der Waals surface area contributed by atoms with Crippen molar-refractivity contribution in [3.63, 3.8) is 0 Å². The van der Waals surface area contributed by atoms with E-state index in [4.69, 9.17) is 12.2 Å². The van der Waals surface area contributed by atoms with Crippen molar-refractivity contribution in [2.75, 3.05) is 44.3 Å². The van der Waals surface area contributed by atoms with E-state index < -0.39 is 17.6 Å². The molecule has 0 bridgehead atoms. The molecule has 0 unspecified atom stereocenters. The molecule has 5 rings (SSSR count). The molecule has 1 aromatic carbocycles. The van der Waals surface area contributed by atoms with Crippen LogP contribution in [0.5, 0.6) is 0 Å². The van der Waals surface area contributed by atoms with Gasteiger partial charge in [0.2, 0.25) is 0 Å².